The maximum atomic E-state index is 13.8. The first kappa shape index (κ1) is 28.2. The molecule has 0 fully saturated rings. The number of nitrogens with zero attached hydrogens (tertiary/aromatic N) is 2. The van der Waals surface area contributed by atoms with E-state index in [1.165, 1.54) is 24.3 Å². The minimum atomic E-state index is -1.21. The van der Waals surface area contributed by atoms with Gasteiger partial charge in [0.2, 0.25) is 5.91 Å². The summed E-state index contributed by atoms with van der Waals surface area (Å²) in [6.07, 6.45) is -0.781. The average Bonchev–Trinajstić information content (AvgIpc) is 2.78. The van der Waals surface area contributed by atoms with Crippen molar-refractivity contribution >= 4 is 23.6 Å². The molecule has 2 aromatic carbocycles. The fourth-order valence-corrected chi connectivity index (χ4v) is 3.54. The highest BCUT2D eigenvalue weighted by Crippen LogP contribution is 2.27. The van der Waals surface area contributed by atoms with Gasteiger partial charge in [-0.1, -0.05) is 44.2 Å². The summed E-state index contributed by atoms with van der Waals surface area (Å²) in [5.41, 5.74) is 0.994. The molecule has 3 amide bonds. The number of amides is 3. The highest BCUT2D eigenvalue weighted by atomic mass is 16.6. The summed E-state index contributed by atoms with van der Waals surface area (Å²) in [4.78, 5) is 40.9. The number of carbonyl (C=O) groups excluding carboxylic acids is 3. The number of carbonyl (C=O) groups is 3. The first-order valence-corrected chi connectivity index (χ1v) is 11.7. The third-order valence-electron chi connectivity index (χ3n) is 5.30. The lowest BCUT2D eigenvalue weighted by atomic mass is 9.98. The molecule has 0 radical (unpaired) electrons. The van der Waals surface area contributed by atoms with Crippen LogP contribution in [0.15, 0.2) is 48.5 Å². The molecule has 0 aliphatic rings. The smallest absolute Gasteiger partial charge is 0.408 e. The number of hydrogen-bond donors (Lipinski definition) is 3. The second-order valence-electron chi connectivity index (χ2n) is 9.79. The van der Waals surface area contributed by atoms with Crippen LogP contribution in [0.2, 0.25) is 0 Å². The number of hydrogen-bond acceptors (Lipinski definition) is 6. The van der Waals surface area contributed by atoms with Crippen LogP contribution in [0.1, 0.15) is 51.8 Å². The summed E-state index contributed by atoms with van der Waals surface area (Å²) in [5, 5.41) is 24.8. The maximum absolute atomic E-state index is 13.8. The van der Waals surface area contributed by atoms with Crippen LogP contribution in [0.25, 0.3) is 0 Å². The summed E-state index contributed by atoms with van der Waals surface area (Å²) in [7, 11) is 0. The molecule has 3 N–H and O–H groups in total. The molecule has 0 aromatic heterocycles. The molecule has 9 heteroatoms. The Morgan fingerprint density at radius 1 is 1.08 bits per heavy atom. The van der Waals surface area contributed by atoms with E-state index in [2.05, 4.69) is 10.6 Å². The Hall–Kier alpha value is -4.06. The van der Waals surface area contributed by atoms with E-state index in [1.807, 2.05) is 25.1 Å². The molecule has 0 saturated heterocycles. The van der Waals surface area contributed by atoms with Crippen molar-refractivity contribution in [3.63, 3.8) is 0 Å². The van der Waals surface area contributed by atoms with Gasteiger partial charge in [0.05, 0.1) is 6.07 Å². The molecule has 0 aliphatic heterocycles. The lowest BCUT2D eigenvalue weighted by molar-refractivity contribution is -0.140. The van der Waals surface area contributed by atoms with Crippen LogP contribution in [-0.2, 0) is 14.3 Å². The number of phenolic OH excluding ortho intramolecular Hbond substituents is 1. The average molecular weight is 495 g/mol. The molecule has 0 bridgehead atoms. The number of alkyl carbamates (subject to hydrolysis) is 1. The number of phenols is 1. The van der Waals surface area contributed by atoms with Gasteiger partial charge in [0.15, 0.2) is 0 Å². The minimum Gasteiger partial charge on any atom is -0.508 e. The molecule has 2 unspecified atom stereocenters. The summed E-state index contributed by atoms with van der Waals surface area (Å²) < 4.78 is 5.31. The van der Waals surface area contributed by atoms with Gasteiger partial charge in [-0.15, -0.1) is 0 Å². The van der Waals surface area contributed by atoms with Crippen molar-refractivity contribution in [2.75, 3.05) is 11.9 Å². The minimum absolute atomic E-state index is 0.0124. The van der Waals surface area contributed by atoms with Crippen molar-refractivity contribution in [2.45, 2.75) is 59.2 Å². The second-order valence-corrected chi connectivity index (χ2v) is 9.79. The Morgan fingerprint density at radius 3 is 2.22 bits per heavy atom. The predicted molar refractivity (Wildman–Crippen MR) is 136 cm³/mol. The van der Waals surface area contributed by atoms with Gasteiger partial charge in [-0.3, -0.25) is 9.59 Å². The van der Waals surface area contributed by atoms with Gasteiger partial charge in [0.1, 0.15) is 30.0 Å². The molecule has 192 valence electrons. The molecule has 2 aromatic rings. The van der Waals surface area contributed by atoms with E-state index in [9.17, 15) is 24.8 Å². The van der Waals surface area contributed by atoms with E-state index < -0.39 is 42.1 Å². The third-order valence-corrected chi connectivity index (χ3v) is 5.30. The second kappa shape index (κ2) is 12.1. The van der Waals surface area contributed by atoms with Gasteiger partial charge in [-0.2, -0.15) is 5.26 Å². The van der Waals surface area contributed by atoms with Crippen LogP contribution in [0.3, 0.4) is 0 Å². The van der Waals surface area contributed by atoms with Gasteiger partial charge >= 0.3 is 6.09 Å². The molecule has 9 nitrogen and oxygen atoms in total. The van der Waals surface area contributed by atoms with Crippen molar-refractivity contribution < 1.29 is 24.2 Å². The fraction of sp³-hybridized carbons (Fsp3) is 0.407. The predicted octanol–water partition coefficient (Wildman–Crippen LogP) is 4.28. The van der Waals surface area contributed by atoms with Crippen molar-refractivity contribution in [3.05, 3.63) is 59.7 Å². The molecule has 0 saturated carbocycles. The Kier molecular flexibility index (Phi) is 9.45. The number of ether oxygens (including phenoxy) is 1. The lowest BCUT2D eigenvalue weighted by Gasteiger charge is -2.34. The fourth-order valence-electron chi connectivity index (χ4n) is 3.54. The summed E-state index contributed by atoms with van der Waals surface area (Å²) in [6.45, 7) is 10.0. The number of anilines is 1. The van der Waals surface area contributed by atoms with Crippen LogP contribution < -0.4 is 10.6 Å². The van der Waals surface area contributed by atoms with Crippen LogP contribution in [0, 0.1) is 24.2 Å². The number of aromatic hydroxyl groups is 1. The number of rotatable bonds is 8. The maximum Gasteiger partial charge on any atom is 0.408 e. The van der Waals surface area contributed by atoms with Crippen molar-refractivity contribution in [1.29, 1.82) is 5.26 Å². The largest absolute Gasteiger partial charge is 0.508 e. The lowest BCUT2D eigenvalue weighted by Crippen LogP contribution is -2.54. The molecular formula is C27H34N4O5. The Morgan fingerprint density at radius 2 is 1.69 bits per heavy atom. The number of nitrogens with one attached hydrogen (secondary N) is 2. The van der Waals surface area contributed by atoms with Gasteiger partial charge in [-0.05, 0) is 62.9 Å². The van der Waals surface area contributed by atoms with E-state index in [4.69, 9.17) is 4.74 Å². The Balaban J connectivity index is 2.49. The van der Waals surface area contributed by atoms with Crippen molar-refractivity contribution in [3.8, 4) is 11.8 Å². The summed E-state index contributed by atoms with van der Waals surface area (Å²) in [5.74, 6) is -1.54. The monoisotopic (exact) mass is 494 g/mol. The third kappa shape index (κ3) is 7.73. The molecule has 36 heavy (non-hydrogen) atoms. The molecule has 2 atom stereocenters. The number of para-hydroxylation sites is 1. The van der Waals surface area contributed by atoms with Crippen LogP contribution in [0.5, 0.6) is 5.75 Å². The van der Waals surface area contributed by atoms with E-state index in [-0.39, 0.29) is 11.7 Å². The van der Waals surface area contributed by atoms with Crippen LogP contribution in [0.4, 0.5) is 10.5 Å². The number of nitriles is 1. The van der Waals surface area contributed by atoms with E-state index in [1.54, 1.807) is 46.8 Å². The zero-order valence-corrected chi connectivity index (χ0v) is 21.5. The molecular weight excluding hydrogens is 460 g/mol. The van der Waals surface area contributed by atoms with Gasteiger partial charge < -0.3 is 25.4 Å². The van der Waals surface area contributed by atoms with E-state index in [0.29, 0.717) is 11.3 Å². The van der Waals surface area contributed by atoms with Crippen LogP contribution in [-0.4, -0.2) is 46.1 Å². The molecule has 0 spiro atoms. The summed E-state index contributed by atoms with van der Waals surface area (Å²) >= 11 is 0. The molecule has 2 rings (SSSR count). The van der Waals surface area contributed by atoms with Gasteiger partial charge in [0.25, 0.3) is 5.91 Å². The standard InChI is InChI=1S/C27H34N4O5/c1-17(2)22(30-26(35)36-27(4,5)6)25(34)31(16-15-28)23(19-11-13-20(32)14-12-19)24(33)29-21-10-8-7-9-18(21)3/h7-14,17,22-23,32H,16H2,1-6H3,(H,29,33)(H,30,35). The normalized spacial score (nSPS) is 12.7. The first-order chi connectivity index (χ1) is 16.8. The van der Waals surface area contributed by atoms with Gasteiger partial charge in [0, 0.05) is 5.69 Å². The van der Waals surface area contributed by atoms with E-state index in [0.717, 1.165) is 10.5 Å². The topological polar surface area (TPSA) is 132 Å². The number of aryl methyl sites for hydroxylation is 1. The Labute approximate surface area is 212 Å². The van der Waals surface area contributed by atoms with Crippen molar-refractivity contribution in [1.82, 2.24) is 10.2 Å². The highest BCUT2D eigenvalue weighted by molar-refractivity contribution is 5.99. The summed E-state index contributed by atoms with van der Waals surface area (Å²) in [6, 6.07) is 12.7. The van der Waals surface area contributed by atoms with Crippen LogP contribution >= 0.6 is 0 Å². The van der Waals surface area contributed by atoms with E-state index >= 15 is 0 Å². The van der Waals surface area contributed by atoms with Gasteiger partial charge in [-0.25, -0.2) is 4.79 Å². The molecule has 0 aliphatic carbocycles. The zero-order valence-electron chi connectivity index (χ0n) is 21.5. The Bertz CT molecular complexity index is 1120. The zero-order chi connectivity index (χ0) is 27.0. The quantitative estimate of drug-likeness (QED) is 0.469. The number of benzene rings is 2. The SMILES string of the molecule is Cc1ccccc1NC(=O)C(c1ccc(O)cc1)N(CC#N)C(=O)C(NC(=O)OC(C)(C)C)C(C)C. The first-order valence-electron chi connectivity index (χ1n) is 11.7. The highest BCUT2D eigenvalue weighted by Gasteiger charge is 2.37. The van der Waals surface area contributed by atoms with Crippen molar-refractivity contribution in [2.24, 2.45) is 5.92 Å². The molecule has 0 heterocycles.